The van der Waals surface area contributed by atoms with E-state index in [1.54, 1.807) is 49.4 Å². The van der Waals surface area contributed by atoms with E-state index in [4.69, 9.17) is 0 Å². The summed E-state index contributed by atoms with van der Waals surface area (Å²) in [6.45, 7) is 1.69. The average Bonchev–Trinajstić information content (AvgIpc) is 2.78. The van der Waals surface area contributed by atoms with Gasteiger partial charge in [0.1, 0.15) is 5.82 Å². The maximum atomic E-state index is 13.0. The second kappa shape index (κ2) is 8.87. The molecule has 1 amide bonds. The fraction of sp³-hybridized carbons (Fsp3) is 0.0909. The molecule has 0 unspecified atom stereocenters. The molecule has 3 rings (SSSR count). The predicted molar refractivity (Wildman–Crippen MR) is 115 cm³/mol. The van der Waals surface area contributed by atoms with E-state index in [0.29, 0.717) is 22.5 Å². The fourth-order valence-corrected chi connectivity index (χ4v) is 3.88. The fourth-order valence-electron chi connectivity index (χ4n) is 2.67. The third kappa shape index (κ3) is 4.72. The molecule has 1 N–H and O–H groups in total. The number of hydrogen-bond acceptors (Lipinski definition) is 4. The molecule has 0 saturated carbocycles. The molecule has 3 aromatic carbocycles. The highest BCUT2D eigenvalue weighted by Gasteiger charge is 2.21. The number of rotatable bonds is 6. The summed E-state index contributed by atoms with van der Waals surface area (Å²) in [5.74, 6) is -0.800. The summed E-state index contributed by atoms with van der Waals surface area (Å²) in [5.41, 5.74) is 4.38. The van der Waals surface area contributed by atoms with Gasteiger partial charge >= 0.3 is 0 Å². The average molecular weight is 425 g/mol. The number of sulfonamides is 1. The lowest BCUT2D eigenvalue weighted by molar-refractivity contribution is 0.0955. The summed E-state index contributed by atoms with van der Waals surface area (Å²) in [7, 11) is -2.24. The number of anilines is 1. The number of nitrogens with one attached hydrogen (secondary N) is 1. The first-order chi connectivity index (χ1) is 14.3. The number of amides is 1. The summed E-state index contributed by atoms with van der Waals surface area (Å²) < 4.78 is 39.5. The predicted octanol–water partition coefficient (Wildman–Crippen LogP) is 3.80. The number of hydrazone groups is 1. The zero-order chi connectivity index (χ0) is 21.7. The molecule has 8 heteroatoms. The Morgan fingerprint density at radius 1 is 0.900 bits per heavy atom. The van der Waals surface area contributed by atoms with Crippen molar-refractivity contribution in [1.82, 2.24) is 5.43 Å². The van der Waals surface area contributed by atoms with Crippen molar-refractivity contribution in [3.05, 3.63) is 95.8 Å². The number of nitrogens with zero attached hydrogens (tertiary/aromatic N) is 2. The van der Waals surface area contributed by atoms with Crippen LogP contribution >= 0.6 is 0 Å². The zero-order valence-electron chi connectivity index (χ0n) is 16.4. The van der Waals surface area contributed by atoms with Crippen molar-refractivity contribution in [2.75, 3.05) is 11.4 Å². The summed E-state index contributed by atoms with van der Waals surface area (Å²) in [6.07, 6.45) is 0. The molecule has 0 heterocycles. The number of benzene rings is 3. The van der Waals surface area contributed by atoms with E-state index in [9.17, 15) is 17.6 Å². The molecule has 6 nitrogen and oxygen atoms in total. The topological polar surface area (TPSA) is 78.8 Å². The third-order valence-corrected chi connectivity index (χ3v) is 6.28. The van der Waals surface area contributed by atoms with Crippen LogP contribution in [-0.4, -0.2) is 27.1 Å². The minimum absolute atomic E-state index is 0.180. The van der Waals surface area contributed by atoms with E-state index in [2.05, 4.69) is 10.5 Å². The smallest absolute Gasteiger partial charge is 0.269 e. The van der Waals surface area contributed by atoms with Gasteiger partial charge < -0.3 is 0 Å². The molecule has 0 bridgehead atoms. The Hall–Kier alpha value is -3.52. The Morgan fingerprint density at radius 3 is 2.07 bits per heavy atom. The minimum Gasteiger partial charge on any atom is -0.269 e. The summed E-state index contributed by atoms with van der Waals surface area (Å²) in [4.78, 5) is 12.5. The highest BCUT2D eigenvalue weighted by Crippen LogP contribution is 2.22. The van der Waals surface area contributed by atoms with Crippen LogP contribution in [0, 0.1) is 5.82 Å². The van der Waals surface area contributed by atoms with Crippen molar-refractivity contribution >= 4 is 27.3 Å². The first kappa shape index (κ1) is 21.2. The van der Waals surface area contributed by atoms with E-state index >= 15 is 0 Å². The summed E-state index contributed by atoms with van der Waals surface area (Å²) >= 11 is 0. The third-order valence-electron chi connectivity index (χ3n) is 4.48. The molecule has 30 heavy (non-hydrogen) atoms. The van der Waals surface area contributed by atoms with Gasteiger partial charge in [0.05, 0.1) is 16.3 Å². The van der Waals surface area contributed by atoms with Crippen molar-refractivity contribution in [3.63, 3.8) is 0 Å². The second-order valence-corrected chi connectivity index (χ2v) is 8.45. The van der Waals surface area contributed by atoms with E-state index in [1.165, 1.54) is 43.4 Å². The molecule has 0 aromatic heterocycles. The lowest BCUT2D eigenvalue weighted by Crippen LogP contribution is -2.26. The summed E-state index contributed by atoms with van der Waals surface area (Å²) in [5, 5.41) is 4.03. The second-order valence-electron chi connectivity index (χ2n) is 6.48. The van der Waals surface area contributed by atoms with Gasteiger partial charge in [-0.15, -0.1) is 0 Å². The quantitative estimate of drug-likeness (QED) is 0.482. The molecule has 0 spiro atoms. The molecule has 0 aliphatic heterocycles. The van der Waals surface area contributed by atoms with Gasteiger partial charge in [-0.3, -0.25) is 9.10 Å². The van der Waals surface area contributed by atoms with Crippen LogP contribution in [0.25, 0.3) is 0 Å². The van der Waals surface area contributed by atoms with Crippen LogP contribution in [0.5, 0.6) is 0 Å². The number of hydrogen-bond donors (Lipinski definition) is 1. The molecule has 0 saturated heterocycles. The van der Waals surface area contributed by atoms with Crippen molar-refractivity contribution in [1.29, 1.82) is 0 Å². The largest absolute Gasteiger partial charge is 0.271 e. The Kier molecular flexibility index (Phi) is 6.27. The van der Waals surface area contributed by atoms with Gasteiger partial charge in [-0.1, -0.05) is 30.3 Å². The van der Waals surface area contributed by atoms with Crippen LogP contribution in [0.4, 0.5) is 10.1 Å². The first-order valence-corrected chi connectivity index (χ1v) is 10.5. The Morgan fingerprint density at radius 2 is 1.47 bits per heavy atom. The molecule has 0 fully saturated rings. The van der Waals surface area contributed by atoms with Gasteiger partial charge in [0.2, 0.25) is 0 Å². The minimum atomic E-state index is -3.70. The van der Waals surface area contributed by atoms with E-state index in [0.717, 1.165) is 4.31 Å². The molecule has 0 atom stereocenters. The van der Waals surface area contributed by atoms with Crippen LogP contribution in [0.15, 0.2) is 88.9 Å². The Labute approximate surface area is 174 Å². The molecule has 154 valence electrons. The SMILES string of the molecule is C/C(=N/NC(=O)c1ccc(N(C)S(=O)(=O)c2ccccc2)cc1)c1ccc(F)cc1. The summed E-state index contributed by atoms with van der Waals surface area (Å²) in [6, 6.07) is 20.0. The van der Waals surface area contributed by atoms with Crippen molar-refractivity contribution < 1.29 is 17.6 Å². The van der Waals surface area contributed by atoms with E-state index in [-0.39, 0.29) is 10.7 Å². The van der Waals surface area contributed by atoms with Crippen LogP contribution in [0.1, 0.15) is 22.8 Å². The van der Waals surface area contributed by atoms with Crippen LogP contribution in [-0.2, 0) is 10.0 Å². The number of carbonyl (C=O) groups is 1. The zero-order valence-corrected chi connectivity index (χ0v) is 17.2. The monoisotopic (exact) mass is 425 g/mol. The maximum absolute atomic E-state index is 13.0. The highest BCUT2D eigenvalue weighted by atomic mass is 32.2. The molecule has 0 radical (unpaired) electrons. The standard InChI is InChI=1S/C22H20FN3O3S/c1-16(17-8-12-19(23)13-9-17)24-25-22(27)18-10-14-20(15-11-18)26(2)30(28,29)21-6-4-3-5-7-21/h3-15H,1-2H3,(H,25,27)/b24-16-. The van der Waals surface area contributed by atoms with Crippen LogP contribution in [0.2, 0.25) is 0 Å². The van der Waals surface area contributed by atoms with Gasteiger partial charge in [-0.25, -0.2) is 18.2 Å². The Balaban J connectivity index is 1.71. The Bertz CT molecular complexity index is 1160. The van der Waals surface area contributed by atoms with Crippen molar-refractivity contribution in [3.8, 4) is 0 Å². The van der Waals surface area contributed by atoms with Crippen LogP contribution < -0.4 is 9.73 Å². The van der Waals surface area contributed by atoms with E-state index < -0.39 is 15.9 Å². The first-order valence-electron chi connectivity index (χ1n) is 9.03. The van der Waals surface area contributed by atoms with Gasteiger partial charge in [0, 0.05) is 12.6 Å². The van der Waals surface area contributed by atoms with Crippen molar-refractivity contribution in [2.24, 2.45) is 5.10 Å². The highest BCUT2D eigenvalue weighted by molar-refractivity contribution is 7.92. The number of carbonyl (C=O) groups excluding carboxylic acids is 1. The molecular weight excluding hydrogens is 405 g/mol. The maximum Gasteiger partial charge on any atom is 0.271 e. The lowest BCUT2D eigenvalue weighted by atomic mass is 10.1. The molecule has 0 aliphatic rings. The molecular formula is C22H20FN3O3S. The molecule has 0 aliphatic carbocycles. The van der Waals surface area contributed by atoms with E-state index in [1.807, 2.05) is 0 Å². The normalized spacial score (nSPS) is 11.8. The molecule has 3 aromatic rings. The number of halogens is 1. The van der Waals surface area contributed by atoms with Gasteiger partial charge in [0.25, 0.3) is 15.9 Å². The van der Waals surface area contributed by atoms with Gasteiger partial charge in [0.15, 0.2) is 0 Å². The van der Waals surface area contributed by atoms with Crippen molar-refractivity contribution in [2.45, 2.75) is 11.8 Å². The van der Waals surface area contributed by atoms with Gasteiger partial charge in [-0.2, -0.15) is 5.10 Å². The van der Waals surface area contributed by atoms with Crippen LogP contribution in [0.3, 0.4) is 0 Å². The van der Waals surface area contributed by atoms with Gasteiger partial charge in [-0.05, 0) is 61.0 Å². The lowest BCUT2D eigenvalue weighted by Gasteiger charge is -2.19.